The molecule has 0 radical (unpaired) electrons. The predicted octanol–water partition coefficient (Wildman–Crippen LogP) is 4.15. The smallest absolute Gasteiger partial charge is 0.244 e. The molecular weight excluding hydrogens is 549 g/mol. The molecule has 8 nitrogen and oxygen atoms in total. The van der Waals surface area contributed by atoms with Gasteiger partial charge < -0.3 is 15.0 Å². The van der Waals surface area contributed by atoms with Crippen LogP contribution < -0.4 is 14.4 Å². The van der Waals surface area contributed by atoms with E-state index in [0.717, 1.165) is 16.1 Å². The standard InChI is InChI=1S/C27H29Cl2N3O5S/c1-30-27(34)25(16-19-7-5-4-6-8-19)31(17-20-9-14-23(28)24(29)15-20)26(33)18-32(38(3,35)36)21-10-12-22(37-2)13-11-21/h4-15,25H,16-18H2,1-3H3,(H,30,34)/t25-/m0/s1. The molecule has 11 heteroatoms. The van der Waals surface area contributed by atoms with Crippen LogP contribution in [0, 0.1) is 0 Å². The first-order valence-electron chi connectivity index (χ1n) is 11.6. The minimum Gasteiger partial charge on any atom is -0.497 e. The Morgan fingerprint density at radius 2 is 1.61 bits per heavy atom. The van der Waals surface area contributed by atoms with Crippen molar-refractivity contribution >= 4 is 50.7 Å². The fourth-order valence-electron chi connectivity index (χ4n) is 3.92. The van der Waals surface area contributed by atoms with Crippen molar-refractivity contribution in [3.8, 4) is 5.75 Å². The average Bonchev–Trinajstić information content (AvgIpc) is 2.90. The summed E-state index contributed by atoms with van der Waals surface area (Å²) in [5.41, 5.74) is 1.75. The molecule has 0 aromatic heterocycles. The van der Waals surface area contributed by atoms with Gasteiger partial charge >= 0.3 is 0 Å². The second-order valence-electron chi connectivity index (χ2n) is 8.56. The Hall–Kier alpha value is -3.27. The number of rotatable bonds is 11. The number of amides is 2. The van der Waals surface area contributed by atoms with Gasteiger partial charge in [-0.05, 0) is 47.5 Å². The molecule has 1 N–H and O–H groups in total. The molecule has 0 aliphatic rings. The second-order valence-corrected chi connectivity index (χ2v) is 11.3. The van der Waals surface area contributed by atoms with E-state index < -0.39 is 34.4 Å². The van der Waals surface area contributed by atoms with E-state index in [0.29, 0.717) is 21.4 Å². The van der Waals surface area contributed by atoms with Crippen molar-refractivity contribution in [1.29, 1.82) is 0 Å². The third-order valence-corrected chi connectivity index (χ3v) is 7.77. The van der Waals surface area contributed by atoms with E-state index in [2.05, 4.69) is 5.32 Å². The minimum absolute atomic E-state index is 0.000850. The Morgan fingerprint density at radius 3 is 2.16 bits per heavy atom. The number of hydrogen-bond acceptors (Lipinski definition) is 5. The maximum atomic E-state index is 13.9. The highest BCUT2D eigenvalue weighted by molar-refractivity contribution is 7.92. The van der Waals surface area contributed by atoms with E-state index in [-0.39, 0.29) is 18.7 Å². The quantitative estimate of drug-likeness (QED) is 0.369. The number of nitrogens with one attached hydrogen (secondary N) is 1. The number of halogens is 2. The van der Waals surface area contributed by atoms with Crippen molar-refractivity contribution < 1.29 is 22.7 Å². The van der Waals surface area contributed by atoms with Crippen molar-refractivity contribution in [2.75, 3.05) is 31.3 Å². The van der Waals surface area contributed by atoms with Gasteiger partial charge in [-0.2, -0.15) is 0 Å². The molecule has 3 rings (SSSR count). The van der Waals surface area contributed by atoms with Gasteiger partial charge in [0, 0.05) is 20.0 Å². The van der Waals surface area contributed by atoms with Crippen LogP contribution in [0.2, 0.25) is 10.0 Å². The molecule has 0 aliphatic carbocycles. The molecule has 0 bridgehead atoms. The highest BCUT2D eigenvalue weighted by atomic mass is 35.5. The van der Waals surface area contributed by atoms with Gasteiger partial charge in [-0.15, -0.1) is 0 Å². The third kappa shape index (κ3) is 7.63. The van der Waals surface area contributed by atoms with Gasteiger partial charge in [0.05, 0.1) is 29.1 Å². The van der Waals surface area contributed by atoms with Crippen LogP contribution in [0.15, 0.2) is 72.8 Å². The molecule has 0 saturated carbocycles. The number of benzene rings is 3. The summed E-state index contributed by atoms with van der Waals surface area (Å²) >= 11 is 12.3. The zero-order chi connectivity index (χ0) is 27.9. The molecule has 2 amide bonds. The van der Waals surface area contributed by atoms with E-state index in [1.54, 1.807) is 42.5 Å². The molecule has 1 atom stereocenters. The minimum atomic E-state index is -3.86. The molecule has 0 unspecified atom stereocenters. The van der Waals surface area contributed by atoms with E-state index >= 15 is 0 Å². The highest BCUT2D eigenvalue weighted by Gasteiger charge is 2.32. The summed E-state index contributed by atoms with van der Waals surface area (Å²) in [4.78, 5) is 28.3. The van der Waals surface area contributed by atoms with Crippen LogP contribution in [-0.2, 0) is 32.6 Å². The third-order valence-electron chi connectivity index (χ3n) is 5.89. The summed E-state index contributed by atoms with van der Waals surface area (Å²) in [6, 6.07) is 19.6. The number of carbonyl (C=O) groups is 2. The largest absolute Gasteiger partial charge is 0.497 e. The number of sulfonamides is 1. The number of ether oxygens (including phenoxy) is 1. The van der Waals surface area contributed by atoms with Gasteiger partial charge in [0.2, 0.25) is 21.8 Å². The van der Waals surface area contributed by atoms with Crippen LogP contribution in [0.5, 0.6) is 5.75 Å². The van der Waals surface area contributed by atoms with Crippen LogP contribution in [0.4, 0.5) is 5.69 Å². The summed E-state index contributed by atoms with van der Waals surface area (Å²) in [5, 5.41) is 3.28. The SMILES string of the molecule is CNC(=O)[C@H](Cc1ccccc1)N(Cc1ccc(Cl)c(Cl)c1)C(=O)CN(c1ccc(OC)cc1)S(C)(=O)=O. The van der Waals surface area contributed by atoms with Crippen LogP contribution in [0.1, 0.15) is 11.1 Å². The molecule has 202 valence electrons. The number of methoxy groups -OCH3 is 1. The lowest BCUT2D eigenvalue weighted by Crippen LogP contribution is -2.52. The van der Waals surface area contributed by atoms with Gasteiger partial charge in [0.25, 0.3) is 0 Å². The Balaban J connectivity index is 2.03. The molecule has 0 heterocycles. The lowest BCUT2D eigenvalue weighted by Gasteiger charge is -2.33. The Kier molecular flexibility index (Phi) is 10.0. The molecule has 0 aliphatic heterocycles. The van der Waals surface area contributed by atoms with E-state index in [1.807, 2.05) is 30.3 Å². The van der Waals surface area contributed by atoms with Crippen molar-refractivity contribution in [3.63, 3.8) is 0 Å². The van der Waals surface area contributed by atoms with E-state index in [9.17, 15) is 18.0 Å². The second kappa shape index (κ2) is 13.0. The van der Waals surface area contributed by atoms with E-state index in [1.165, 1.54) is 19.1 Å². The number of nitrogens with zero attached hydrogens (tertiary/aromatic N) is 2. The molecule has 0 fully saturated rings. The predicted molar refractivity (Wildman–Crippen MR) is 150 cm³/mol. The lowest BCUT2D eigenvalue weighted by molar-refractivity contribution is -0.139. The summed E-state index contributed by atoms with van der Waals surface area (Å²) < 4.78 is 31.7. The fraction of sp³-hybridized carbons (Fsp3) is 0.259. The first-order chi connectivity index (χ1) is 18.0. The topological polar surface area (TPSA) is 96.0 Å². The van der Waals surface area contributed by atoms with Crippen molar-refractivity contribution in [2.45, 2.75) is 19.0 Å². The average molecular weight is 579 g/mol. The molecule has 0 spiro atoms. The van der Waals surface area contributed by atoms with E-state index in [4.69, 9.17) is 27.9 Å². The van der Waals surface area contributed by atoms with Crippen LogP contribution >= 0.6 is 23.2 Å². The van der Waals surface area contributed by atoms with Gasteiger partial charge in [-0.25, -0.2) is 8.42 Å². The first-order valence-corrected chi connectivity index (χ1v) is 14.2. The Morgan fingerprint density at radius 1 is 0.947 bits per heavy atom. The maximum absolute atomic E-state index is 13.9. The van der Waals surface area contributed by atoms with Gasteiger partial charge in [0.1, 0.15) is 18.3 Å². The van der Waals surface area contributed by atoms with Crippen molar-refractivity contribution in [3.05, 3.63) is 94.0 Å². The Labute approximate surface area is 233 Å². The van der Waals surface area contributed by atoms with Crippen LogP contribution in [-0.4, -0.2) is 58.1 Å². The summed E-state index contributed by atoms with van der Waals surface area (Å²) in [6.45, 7) is -0.518. The normalized spacial score (nSPS) is 11.9. The number of anilines is 1. The van der Waals surface area contributed by atoms with Crippen molar-refractivity contribution in [1.82, 2.24) is 10.2 Å². The summed E-state index contributed by atoms with van der Waals surface area (Å²) in [6.07, 6.45) is 1.24. The fourth-order valence-corrected chi connectivity index (χ4v) is 5.09. The zero-order valence-corrected chi connectivity index (χ0v) is 23.6. The van der Waals surface area contributed by atoms with Gasteiger partial charge in [-0.1, -0.05) is 59.6 Å². The van der Waals surface area contributed by atoms with Gasteiger partial charge in [-0.3, -0.25) is 13.9 Å². The molecule has 38 heavy (non-hydrogen) atoms. The number of likely N-dealkylation sites (N-methyl/N-ethyl adjacent to an activating group) is 1. The van der Waals surface area contributed by atoms with Crippen LogP contribution in [0.3, 0.4) is 0 Å². The first kappa shape index (κ1) is 29.3. The summed E-state index contributed by atoms with van der Waals surface area (Å²) in [7, 11) is -0.868. The van der Waals surface area contributed by atoms with Crippen LogP contribution in [0.25, 0.3) is 0 Å². The molecular formula is C27H29Cl2N3O5S. The van der Waals surface area contributed by atoms with Crippen molar-refractivity contribution in [2.24, 2.45) is 0 Å². The monoisotopic (exact) mass is 577 g/mol. The van der Waals surface area contributed by atoms with Gasteiger partial charge in [0.15, 0.2) is 0 Å². The Bertz CT molecular complexity index is 1370. The highest BCUT2D eigenvalue weighted by Crippen LogP contribution is 2.26. The lowest BCUT2D eigenvalue weighted by atomic mass is 10.0. The molecule has 0 saturated heterocycles. The number of hydrogen-bond donors (Lipinski definition) is 1. The maximum Gasteiger partial charge on any atom is 0.244 e. The molecule has 3 aromatic carbocycles. The summed E-state index contributed by atoms with van der Waals surface area (Å²) in [5.74, 6) is -0.420. The number of carbonyl (C=O) groups excluding carboxylic acids is 2. The zero-order valence-electron chi connectivity index (χ0n) is 21.2. The molecule has 3 aromatic rings.